The Bertz CT molecular complexity index is 847. The molecular weight excluding hydrogens is 335 g/mol. The van der Waals surface area contributed by atoms with Crippen LogP contribution in [0.5, 0.6) is 0 Å². The van der Waals surface area contributed by atoms with Gasteiger partial charge in [0.2, 0.25) is 15.9 Å². The van der Waals surface area contributed by atoms with Gasteiger partial charge in [-0.05, 0) is 48.5 Å². The van der Waals surface area contributed by atoms with E-state index in [0.717, 1.165) is 12.1 Å². The highest BCUT2D eigenvalue weighted by Gasteiger charge is 2.16. The summed E-state index contributed by atoms with van der Waals surface area (Å²) in [6.45, 7) is 0.898. The summed E-state index contributed by atoms with van der Waals surface area (Å²) in [5.41, 5.74) is 0.670. The smallest absolute Gasteiger partial charge is 0.240 e. The molecule has 2 aromatic carbocycles. The fourth-order valence-corrected chi connectivity index (χ4v) is 2.88. The lowest BCUT2D eigenvalue weighted by atomic mass is 10.1. The Balaban J connectivity index is 2.04. The molecule has 0 spiro atoms. The molecule has 0 bridgehead atoms. The zero-order chi connectivity index (χ0) is 17.7. The number of Topliss-reactive ketones (excluding diaryl/α,β-unsaturated/α-hetero) is 1. The van der Waals surface area contributed by atoms with Gasteiger partial charge in [-0.1, -0.05) is 0 Å². The van der Waals surface area contributed by atoms with Crippen LogP contribution >= 0.6 is 0 Å². The molecule has 0 radical (unpaired) electrons. The number of rotatable bonds is 6. The topological polar surface area (TPSA) is 92.3 Å². The van der Waals surface area contributed by atoms with Crippen LogP contribution in [0, 0.1) is 5.82 Å². The maximum Gasteiger partial charge on any atom is 0.240 e. The third-order valence-corrected chi connectivity index (χ3v) is 4.49. The van der Waals surface area contributed by atoms with Gasteiger partial charge in [0.15, 0.2) is 5.78 Å². The van der Waals surface area contributed by atoms with Crippen molar-refractivity contribution < 1.29 is 22.4 Å². The molecule has 8 heteroatoms. The van der Waals surface area contributed by atoms with Crippen LogP contribution in [-0.4, -0.2) is 26.7 Å². The molecular formula is C16H15FN2O4S. The van der Waals surface area contributed by atoms with Crippen LogP contribution in [0.4, 0.5) is 10.1 Å². The van der Waals surface area contributed by atoms with E-state index in [2.05, 4.69) is 10.0 Å². The van der Waals surface area contributed by atoms with Gasteiger partial charge in [-0.15, -0.1) is 0 Å². The summed E-state index contributed by atoms with van der Waals surface area (Å²) in [6.07, 6.45) is 0. The number of benzene rings is 2. The highest BCUT2D eigenvalue weighted by Crippen LogP contribution is 2.14. The largest absolute Gasteiger partial charge is 0.326 e. The lowest BCUT2D eigenvalue weighted by Gasteiger charge is -2.08. The molecule has 0 heterocycles. The Morgan fingerprint density at radius 1 is 1.00 bits per heavy atom. The molecule has 0 saturated carbocycles. The number of amides is 1. The van der Waals surface area contributed by atoms with Crippen molar-refractivity contribution in [3.63, 3.8) is 0 Å². The van der Waals surface area contributed by atoms with Gasteiger partial charge in [-0.2, -0.15) is 0 Å². The van der Waals surface area contributed by atoms with Crippen LogP contribution in [0.1, 0.15) is 17.3 Å². The van der Waals surface area contributed by atoms with E-state index in [0.29, 0.717) is 5.69 Å². The molecule has 0 saturated heterocycles. The zero-order valence-electron chi connectivity index (χ0n) is 12.7. The molecule has 0 aromatic heterocycles. The molecule has 6 nitrogen and oxygen atoms in total. The number of anilines is 1. The Hall–Kier alpha value is -2.58. The van der Waals surface area contributed by atoms with Gasteiger partial charge in [-0.3, -0.25) is 9.59 Å². The summed E-state index contributed by atoms with van der Waals surface area (Å²) in [5, 5.41) is 2.52. The second-order valence-corrected chi connectivity index (χ2v) is 6.73. The summed E-state index contributed by atoms with van der Waals surface area (Å²) in [6, 6.07) is 10.3. The Labute approximate surface area is 138 Å². The lowest BCUT2D eigenvalue weighted by Crippen LogP contribution is -2.29. The number of carbonyl (C=O) groups is 2. The van der Waals surface area contributed by atoms with Crippen LogP contribution in [-0.2, 0) is 14.8 Å². The fourth-order valence-electron chi connectivity index (χ4n) is 1.90. The molecule has 2 N–H and O–H groups in total. The first-order valence-electron chi connectivity index (χ1n) is 6.94. The molecule has 0 atom stereocenters. The van der Waals surface area contributed by atoms with Crippen molar-refractivity contribution in [3.05, 3.63) is 59.9 Å². The molecule has 1 amide bonds. The predicted molar refractivity (Wildman–Crippen MR) is 86.7 cm³/mol. The standard InChI is InChI=1S/C16H15FN2O4S/c1-11(20)19-14-6-8-15(9-7-14)24(22,23)18-10-16(21)12-2-4-13(17)5-3-12/h2-9,18H,10H2,1H3,(H,19,20). The predicted octanol–water partition coefficient (Wildman–Crippen LogP) is 1.95. The van der Waals surface area contributed by atoms with Gasteiger partial charge in [0.05, 0.1) is 11.4 Å². The highest BCUT2D eigenvalue weighted by molar-refractivity contribution is 7.89. The second kappa shape index (κ2) is 7.33. The van der Waals surface area contributed by atoms with Crippen LogP contribution < -0.4 is 10.0 Å². The summed E-state index contributed by atoms with van der Waals surface area (Å²) >= 11 is 0. The average Bonchev–Trinajstić information content (AvgIpc) is 2.53. The average molecular weight is 350 g/mol. The molecule has 0 aliphatic rings. The first kappa shape index (κ1) is 17.8. The first-order chi connectivity index (χ1) is 11.3. The number of hydrogen-bond acceptors (Lipinski definition) is 4. The third kappa shape index (κ3) is 4.71. The molecule has 0 aliphatic carbocycles. The minimum absolute atomic E-state index is 0.0384. The van der Waals surface area contributed by atoms with Gasteiger partial charge in [-0.25, -0.2) is 17.5 Å². The Morgan fingerprint density at radius 3 is 2.12 bits per heavy atom. The summed E-state index contributed by atoms with van der Waals surface area (Å²) in [7, 11) is -3.87. The first-order valence-corrected chi connectivity index (χ1v) is 8.42. The number of carbonyl (C=O) groups excluding carboxylic acids is 2. The Kier molecular flexibility index (Phi) is 5.42. The van der Waals surface area contributed by atoms with Gasteiger partial charge in [0, 0.05) is 18.2 Å². The number of nitrogens with one attached hydrogen (secondary N) is 2. The molecule has 0 aliphatic heterocycles. The third-order valence-electron chi connectivity index (χ3n) is 3.07. The summed E-state index contributed by atoms with van der Waals surface area (Å²) < 4.78 is 39.3. The van der Waals surface area contributed by atoms with Crippen molar-refractivity contribution in [2.24, 2.45) is 0 Å². The molecule has 0 unspecified atom stereocenters. The molecule has 2 rings (SSSR count). The number of ketones is 1. The SMILES string of the molecule is CC(=O)Nc1ccc(S(=O)(=O)NCC(=O)c2ccc(F)cc2)cc1. The van der Waals surface area contributed by atoms with Crippen molar-refractivity contribution in [1.82, 2.24) is 4.72 Å². The van der Waals surface area contributed by atoms with Crippen LogP contribution in [0.15, 0.2) is 53.4 Å². The van der Waals surface area contributed by atoms with Gasteiger partial charge in [0.25, 0.3) is 0 Å². The van der Waals surface area contributed by atoms with Gasteiger partial charge in [0.1, 0.15) is 5.82 Å². The van der Waals surface area contributed by atoms with E-state index in [4.69, 9.17) is 0 Å². The van der Waals surface area contributed by atoms with Crippen molar-refractivity contribution in [3.8, 4) is 0 Å². The van der Waals surface area contributed by atoms with Gasteiger partial charge >= 0.3 is 0 Å². The van der Waals surface area contributed by atoms with E-state index in [-0.39, 0.29) is 16.4 Å². The maximum atomic E-state index is 12.8. The van der Waals surface area contributed by atoms with E-state index in [9.17, 15) is 22.4 Å². The van der Waals surface area contributed by atoms with E-state index in [1.54, 1.807) is 0 Å². The molecule has 126 valence electrons. The molecule has 24 heavy (non-hydrogen) atoms. The van der Waals surface area contributed by atoms with Crippen LogP contribution in [0.25, 0.3) is 0 Å². The number of sulfonamides is 1. The minimum atomic E-state index is -3.87. The van der Waals surface area contributed by atoms with Crippen molar-refractivity contribution in [2.75, 3.05) is 11.9 Å². The molecule has 2 aromatic rings. The van der Waals surface area contributed by atoms with Crippen molar-refractivity contribution >= 4 is 27.4 Å². The van der Waals surface area contributed by atoms with Crippen LogP contribution in [0.3, 0.4) is 0 Å². The summed E-state index contributed by atoms with van der Waals surface area (Å²) in [5.74, 6) is -1.23. The van der Waals surface area contributed by atoms with Crippen molar-refractivity contribution in [1.29, 1.82) is 0 Å². The van der Waals surface area contributed by atoms with Crippen molar-refractivity contribution in [2.45, 2.75) is 11.8 Å². The fraction of sp³-hybridized carbons (Fsp3) is 0.125. The number of halogens is 1. The maximum absolute atomic E-state index is 12.8. The Morgan fingerprint density at radius 2 is 1.58 bits per heavy atom. The number of hydrogen-bond donors (Lipinski definition) is 2. The normalized spacial score (nSPS) is 11.1. The van der Waals surface area contributed by atoms with E-state index >= 15 is 0 Å². The van der Waals surface area contributed by atoms with E-state index in [1.165, 1.54) is 43.3 Å². The second-order valence-electron chi connectivity index (χ2n) is 4.96. The monoisotopic (exact) mass is 350 g/mol. The highest BCUT2D eigenvalue weighted by atomic mass is 32.2. The lowest BCUT2D eigenvalue weighted by molar-refractivity contribution is -0.114. The zero-order valence-corrected chi connectivity index (χ0v) is 13.6. The minimum Gasteiger partial charge on any atom is -0.326 e. The van der Waals surface area contributed by atoms with Gasteiger partial charge < -0.3 is 5.32 Å². The van der Waals surface area contributed by atoms with E-state index < -0.39 is 28.2 Å². The summed E-state index contributed by atoms with van der Waals surface area (Å²) in [4.78, 5) is 22.8. The molecule has 0 fully saturated rings. The quantitative estimate of drug-likeness (QED) is 0.779. The van der Waals surface area contributed by atoms with Crippen LogP contribution in [0.2, 0.25) is 0 Å². The van der Waals surface area contributed by atoms with E-state index in [1.807, 2.05) is 0 Å².